The fraction of sp³-hybridized carbons (Fsp3) is 0.579. The Hall–Kier alpha value is -2.48. The smallest absolute Gasteiger partial charge is 0.409 e. The lowest BCUT2D eigenvalue weighted by Crippen LogP contribution is -2.45. The van der Waals surface area contributed by atoms with Gasteiger partial charge in [-0.05, 0) is 31.9 Å². The van der Waals surface area contributed by atoms with Crippen molar-refractivity contribution in [2.75, 3.05) is 45.8 Å². The molecule has 0 radical (unpaired) electrons. The number of piperidine rings is 1. The number of hydrogen-bond donors (Lipinski definition) is 2. The summed E-state index contributed by atoms with van der Waals surface area (Å²) in [6.45, 7) is 4.12. The zero-order valence-electron chi connectivity index (χ0n) is 16.2. The summed E-state index contributed by atoms with van der Waals surface area (Å²) in [4.78, 5) is 25.6. The third-order valence-electron chi connectivity index (χ3n) is 4.49. The molecule has 150 valence electrons. The van der Waals surface area contributed by atoms with Crippen LogP contribution in [0.2, 0.25) is 0 Å². The lowest BCUT2D eigenvalue weighted by Gasteiger charge is -2.31. The molecule has 1 aliphatic rings. The fourth-order valence-electron chi connectivity index (χ4n) is 2.99. The van der Waals surface area contributed by atoms with Crippen LogP contribution in [0, 0.1) is 0 Å². The predicted molar refractivity (Wildman–Crippen MR) is 102 cm³/mol. The average molecular weight is 379 g/mol. The summed E-state index contributed by atoms with van der Waals surface area (Å²) in [5.74, 6) is 1.14. The Labute approximate surface area is 160 Å². The van der Waals surface area contributed by atoms with Crippen LogP contribution in [0.4, 0.5) is 10.5 Å². The molecule has 2 N–H and O–H groups in total. The lowest BCUT2D eigenvalue weighted by atomic mass is 10.1. The van der Waals surface area contributed by atoms with Gasteiger partial charge in [0.05, 0.1) is 26.5 Å². The van der Waals surface area contributed by atoms with Crippen molar-refractivity contribution in [1.82, 2.24) is 10.2 Å². The number of amides is 2. The number of ether oxygens (including phenoxy) is 3. The molecule has 1 aromatic carbocycles. The minimum atomic E-state index is -0.247. The van der Waals surface area contributed by atoms with Crippen molar-refractivity contribution in [3.63, 3.8) is 0 Å². The molecule has 27 heavy (non-hydrogen) atoms. The lowest BCUT2D eigenvalue weighted by molar-refractivity contribution is -0.116. The van der Waals surface area contributed by atoms with Gasteiger partial charge in [0, 0.05) is 38.2 Å². The van der Waals surface area contributed by atoms with Gasteiger partial charge in [-0.25, -0.2) is 4.79 Å². The molecule has 1 aliphatic heterocycles. The maximum atomic E-state index is 12.2. The molecule has 1 aromatic rings. The zero-order chi connectivity index (χ0) is 19.6. The van der Waals surface area contributed by atoms with E-state index in [1.807, 2.05) is 0 Å². The van der Waals surface area contributed by atoms with Crippen molar-refractivity contribution in [1.29, 1.82) is 0 Å². The molecule has 1 fully saturated rings. The van der Waals surface area contributed by atoms with Crippen LogP contribution in [0.25, 0.3) is 0 Å². The van der Waals surface area contributed by atoms with Crippen molar-refractivity contribution in [2.45, 2.75) is 32.2 Å². The first kappa shape index (κ1) is 20.8. The Balaban J connectivity index is 1.70. The van der Waals surface area contributed by atoms with Crippen LogP contribution in [0.3, 0.4) is 0 Å². The number of likely N-dealkylation sites (tertiary alicyclic amines) is 1. The van der Waals surface area contributed by atoms with Gasteiger partial charge in [0.1, 0.15) is 11.5 Å². The molecule has 0 atom stereocenters. The Kier molecular flexibility index (Phi) is 8.19. The third-order valence-corrected chi connectivity index (χ3v) is 4.49. The number of anilines is 1. The van der Waals surface area contributed by atoms with Crippen LogP contribution < -0.4 is 20.1 Å². The van der Waals surface area contributed by atoms with Crippen LogP contribution in [0.15, 0.2) is 18.2 Å². The van der Waals surface area contributed by atoms with Crippen molar-refractivity contribution >= 4 is 17.7 Å². The molecule has 1 heterocycles. The standard InChI is InChI=1S/C19H29N3O5/c1-4-27-19(24)22-11-8-14(9-12-22)20-10-7-18(23)21-16-6-5-15(25-2)13-17(16)26-3/h5-6,13-14,20H,4,7-12H2,1-3H3,(H,21,23). The van der Waals surface area contributed by atoms with Gasteiger partial charge >= 0.3 is 6.09 Å². The number of carbonyl (C=O) groups is 2. The van der Waals surface area contributed by atoms with E-state index in [0.29, 0.717) is 55.9 Å². The minimum absolute atomic E-state index is 0.0880. The van der Waals surface area contributed by atoms with Gasteiger partial charge in [0.25, 0.3) is 0 Å². The van der Waals surface area contributed by atoms with Crippen LogP contribution in [0.1, 0.15) is 26.2 Å². The van der Waals surface area contributed by atoms with E-state index in [-0.39, 0.29) is 12.0 Å². The maximum Gasteiger partial charge on any atom is 0.409 e. The molecule has 0 aliphatic carbocycles. The molecule has 8 heteroatoms. The van der Waals surface area contributed by atoms with E-state index in [1.165, 1.54) is 0 Å². The van der Waals surface area contributed by atoms with E-state index in [9.17, 15) is 9.59 Å². The molecule has 0 spiro atoms. The predicted octanol–water partition coefficient (Wildman–Crippen LogP) is 2.24. The third kappa shape index (κ3) is 6.32. The van der Waals surface area contributed by atoms with Gasteiger partial charge in [-0.1, -0.05) is 0 Å². The summed E-state index contributed by atoms with van der Waals surface area (Å²) in [6.07, 6.45) is 1.82. The number of rotatable bonds is 8. The highest BCUT2D eigenvalue weighted by Crippen LogP contribution is 2.29. The van der Waals surface area contributed by atoms with E-state index in [1.54, 1.807) is 44.2 Å². The largest absolute Gasteiger partial charge is 0.497 e. The van der Waals surface area contributed by atoms with Crippen molar-refractivity contribution in [2.24, 2.45) is 0 Å². The molecule has 8 nitrogen and oxygen atoms in total. The topological polar surface area (TPSA) is 89.1 Å². The van der Waals surface area contributed by atoms with Crippen molar-refractivity contribution in [3.05, 3.63) is 18.2 Å². The molecular formula is C19H29N3O5. The second-order valence-electron chi connectivity index (χ2n) is 6.28. The van der Waals surface area contributed by atoms with Gasteiger partial charge < -0.3 is 29.7 Å². The first-order valence-corrected chi connectivity index (χ1v) is 9.24. The molecule has 2 rings (SSSR count). The fourth-order valence-corrected chi connectivity index (χ4v) is 2.99. The summed E-state index contributed by atoms with van der Waals surface area (Å²) >= 11 is 0. The summed E-state index contributed by atoms with van der Waals surface area (Å²) in [5.41, 5.74) is 0.617. The Bertz CT molecular complexity index is 630. The van der Waals surface area contributed by atoms with Crippen LogP contribution >= 0.6 is 0 Å². The zero-order valence-corrected chi connectivity index (χ0v) is 16.2. The first-order valence-electron chi connectivity index (χ1n) is 9.24. The molecule has 0 unspecified atom stereocenters. The van der Waals surface area contributed by atoms with Gasteiger partial charge in [-0.3, -0.25) is 4.79 Å². The Morgan fingerprint density at radius 2 is 1.93 bits per heavy atom. The quantitative estimate of drug-likeness (QED) is 0.720. The van der Waals surface area contributed by atoms with E-state index in [4.69, 9.17) is 14.2 Å². The van der Waals surface area contributed by atoms with Crippen LogP contribution in [-0.2, 0) is 9.53 Å². The van der Waals surface area contributed by atoms with E-state index >= 15 is 0 Å². The van der Waals surface area contributed by atoms with Gasteiger partial charge in [0.15, 0.2) is 0 Å². The van der Waals surface area contributed by atoms with Gasteiger partial charge in [-0.2, -0.15) is 0 Å². The van der Waals surface area contributed by atoms with Crippen molar-refractivity contribution < 1.29 is 23.8 Å². The Morgan fingerprint density at radius 3 is 2.56 bits per heavy atom. The maximum absolute atomic E-state index is 12.2. The van der Waals surface area contributed by atoms with Gasteiger partial charge in [-0.15, -0.1) is 0 Å². The summed E-state index contributed by atoms with van der Waals surface area (Å²) in [7, 11) is 3.13. The van der Waals surface area contributed by atoms with Crippen LogP contribution in [0.5, 0.6) is 11.5 Å². The van der Waals surface area contributed by atoms with Crippen LogP contribution in [-0.4, -0.2) is 63.4 Å². The highest BCUT2D eigenvalue weighted by molar-refractivity contribution is 5.92. The average Bonchev–Trinajstić information content (AvgIpc) is 2.69. The second kappa shape index (κ2) is 10.6. The molecular weight excluding hydrogens is 350 g/mol. The normalized spacial score (nSPS) is 14.6. The number of benzene rings is 1. The summed E-state index contributed by atoms with van der Waals surface area (Å²) in [6, 6.07) is 5.56. The van der Waals surface area contributed by atoms with Crippen molar-refractivity contribution in [3.8, 4) is 11.5 Å². The second-order valence-corrected chi connectivity index (χ2v) is 6.28. The van der Waals surface area contributed by atoms with E-state index < -0.39 is 0 Å². The molecule has 0 bridgehead atoms. The van der Waals surface area contributed by atoms with E-state index in [2.05, 4.69) is 10.6 Å². The number of carbonyl (C=O) groups excluding carboxylic acids is 2. The summed E-state index contributed by atoms with van der Waals surface area (Å²) in [5, 5.41) is 6.24. The number of methoxy groups -OCH3 is 2. The Morgan fingerprint density at radius 1 is 1.19 bits per heavy atom. The monoisotopic (exact) mass is 379 g/mol. The number of nitrogens with one attached hydrogen (secondary N) is 2. The number of nitrogens with zero attached hydrogens (tertiary/aromatic N) is 1. The van der Waals surface area contributed by atoms with E-state index in [0.717, 1.165) is 12.8 Å². The summed E-state index contributed by atoms with van der Waals surface area (Å²) < 4.78 is 15.4. The molecule has 1 saturated heterocycles. The first-order chi connectivity index (χ1) is 13.1. The SMILES string of the molecule is CCOC(=O)N1CCC(NCCC(=O)Nc2ccc(OC)cc2OC)CC1. The molecule has 0 saturated carbocycles. The number of hydrogen-bond acceptors (Lipinski definition) is 6. The minimum Gasteiger partial charge on any atom is -0.497 e. The van der Waals surface area contributed by atoms with Gasteiger partial charge in [0.2, 0.25) is 5.91 Å². The highest BCUT2D eigenvalue weighted by Gasteiger charge is 2.23. The molecule has 2 amide bonds. The highest BCUT2D eigenvalue weighted by atomic mass is 16.6. The molecule has 0 aromatic heterocycles.